The van der Waals surface area contributed by atoms with Crippen LogP contribution < -0.4 is 0 Å². The second-order valence-electron chi connectivity index (χ2n) is 5.61. The molecule has 2 rings (SSSR count). The monoisotopic (exact) mass is 226 g/mol. The Balaban J connectivity index is 1.77. The fraction of sp³-hybridized carbons (Fsp3) is 1.00. The molecule has 1 N–H and O–H groups in total. The average Bonchev–Trinajstić information content (AvgIpc) is 2.34. The summed E-state index contributed by atoms with van der Waals surface area (Å²) in [6, 6.07) is 0. The first-order chi connectivity index (χ1) is 7.79. The molecule has 0 bridgehead atoms. The Bertz CT molecular complexity index is 209. The number of unbranched alkanes of at least 4 members (excludes halogenated alkanes) is 2. The summed E-state index contributed by atoms with van der Waals surface area (Å²) in [6.07, 6.45) is 11.1. The molecule has 1 spiro atoms. The highest BCUT2D eigenvalue weighted by atomic mass is 16.5. The zero-order valence-corrected chi connectivity index (χ0v) is 10.6. The molecular formula is C14H26O2. The highest BCUT2D eigenvalue weighted by molar-refractivity contribution is 5.05. The summed E-state index contributed by atoms with van der Waals surface area (Å²) in [5.41, 5.74) is 0.157. The number of aliphatic hydroxyl groups is 1. The number of rotatable bonds is 5. The summed E-state index contributed by atoms with van der Waals surface area (Å²) in [6.45, 7) is 3.11. The average molecular weight is 226 g/mol. The molecule has 2 saturated carbocycles. The zero-order valence-electron chi connectivity index (χ0n) is 10.6. The van der Waals surface area contributed by atoms with Gasteiger partial charge in [-0.05, 0) is 19.3 Å². The Kier molecular flexibility index (Phi) is 4.26. The lowest BCUT2D eigenvalue weighted by molar-refractivity contribution is -0.206. The minimum Gasteiger partial charge on any atom is -0.392 e. The molecule has 0 aromatic rings. The van der Waals surface area contributed by atoms with Crippen LogP contribution in [0.25, 0.3) is 0 Å². The van der Waals surface area contributed by atoms with Gasteiger partial charge in [-0.3, -0.25) is 0 Å². The van der Waals surface area contributed by atoms with Gasteiger partial charge in [-0.2, -0.15) is 0 Å². The van der Waals surface area contributed by atoms with Crippen molar-refractivity contribution in [3.05, 3.63) is 0 Å². The van der Waals surface area contributed by atoms with Crippen molar-refractivity contribution in [3.8, 4) is 0 Å². The van der Waals surface area contributed by atoms with Crippen molar-refractivity contribution >= 4 is 0 Å². The summed E-state index contributed by atoms with van der Waals surface area (Å²) >= 11 is 0. The molecule has 94 valence electrons. The molecule has 2 heteroatoms. The maximum Gasteiger partial charge on any atom is 0.0680 e. The lowest BCUT2D eigenvalue weighted by Crippen LogP contribution is -2.59. The summed E-state index contributed by atoms with van der Waals surface area (Å²) in [4.78, 5) is 0. The molecule has 0 aromatic carbocycles. The van der Waals surface area contributed by atoms with E-state index < -0.39 is 0 Å². The molecule has 2 nitrogen and oxygen atoms in total. The van der Waals surface area contributed by atoms with Gasteiger partial charge in [0.05, 0.1) is 12.2 Å². The normalized spacial score (nSPS) is 32.6. The van der Waals surface area contributed by atoms with E-state index in [4.69, 9.17) is 4.74 Å². The molecule has 2 atom stereocenters. The first-order valence-corrected chi connectivity index (χ1v) is 7.09. The van der Waals surface area contributed by atoms with Gasteiger partial charge in [0.2, 0.25) is 0 Å². The number of ether oxygens (including phenoxy) is 1. The van der Waals surface area contributed by atoms with Crippen molar-refractivity contribution in [1.82, 2.24) is 0 Å². The third kappa shape index (κ3) is 2.28. The van der Waals surface area contributed by atoms with Gasteiger partial charge >= 0.3 is 0 Å². The lowest BCUT2D eigenvalue weighted by atomic mass is 9.56. The van der Waals surface area contributed by atoms with Crippen LogP contribution in [0.1, 0.15) is 64.7 Å². The molecule has 0 heterocycles. The molecule has 0 amide bonds. The van der Waals surface area contributed by atoms with Crippen LogP contribution in [0.5, 0.6) is 0 Å². The summed E-state index contributed by atoms with van der Waals surface area (Å²) in [5, 5.41) is 10.0. The third-order valence-corrected chi connectivity index (χ3v) is 4.59. The van der Waals surface area contributed by atoms with Gasteiger partial charge in [0.25, 0.3) is 0 Å². The second kappa shape index (κ2) is 5.50. The largest absolute Gasteiger partial charge is 0.392 e. The number of hydrogen-bond donors (Lipinski definition) is 1. The molecule has 2 unspecified atom stereocenters. The Morgan fingerprint density at radius 3 is 2.56 bits per heavy atom. The minimum absolute atomic E-state index is 0.0797. The van der Waals surface area contributed by atoms with Crippen LogP contribution in [0.3, 0.4) is 0 Å². The van der Waals surface area contributed by atoms with Gasteiger partial charge in [-0.25, -0.2) is 0 Å². The van der Waals surface area contributed by atoms with E-state index in [1.807, 2.05) is 0 Å². The second-order valence-corrected chi connectivity index (χ2v) is 5.61. The number of aliphatic hydroxyl groups excluding tert-OH is 1. The quantitative estimate of drug-likeness (QED) is 0.729. The summed E-state index contributed by atoms with van der Waals surface area (Å²) in [5.74, 6) is 0. The molecule has 16 heavy (non-hydrogen) atoms. The molecule has 2 aliphatic rings. The van der Waals surface area contributed by atoms with Crippen LogP contribution >= 0.6 is 0 Å². The first-order valence-electron chi connectivity index (χ1n) is 7.09. The van der Waals surface area contributed by atoms with Gasteiger partial charge in [0.1, 0.15) is 0 Å². The lowest BCUT2D eigenvalue weighted by Gasteiger charge is -2.55. The zero-order chi connectivity index (χ0) is 11.4. The van der Waals surface area contributed by atoms with E-state index >= 15 is 0 Å². The van der Waals surface area contributed by atoms with Crippen molar-refractivity contribution in [3.63, 3.8) is 0 Å². The smallest absolute Gasteiger partial charge is 0.0680 e. The third-order valence-electron chi connectivity index (χ3n) is 4.59. The van der Waals surface area contributed by atoms with Crippen LogP contribution in [-0.4, -0.2) is 23.9 Å². The molecule has 0 radical (unpaired) electrons. The molecule has 2 aliphatic carbocycles. The molecule has 0 saturated heterocycles. The van der Waals surface area contributed by atoms with Crippen molar-refractivity contribution in [2.24, 2.45) is 5.41 Å². The SMILES string of the molecule is CCCCCOC1CC(O)C12CCCCC2. The highest BCUT2D eigenvalue weighted by Crippen LogP contribution is 2.53. The molecule has 2 fully saturated rings. The maximum atomic E-state index is 10.0. The topological polar surface area (TPSA) is 29.5 Å². The first kappa shape index (κ1) is 12.4. The van der Waals surface area contributed by atoms with Crippen LogP contribution in [0.2, 0.25) is 0 Å². The van der Waals surface area contributed by atoms with Gasteiger partial charge < -0.3 is 9.84 Å². The van der Waals surface area contributed by atoms with Gasteiger partial charge in [0.15, 0.2) is 0 Å². The van der Waals surface area contributed by atoms with E-state index in [1.165, 1.54) is 51.4 Å². The Labute approximate surface area is 99.4 Å². The van der Waals surface area contributed by atoms with Crippen molar-refractivity contribution in [2.75, 3.05) is 6.61 Å². The van der Waals surface area contributed by atoms with Crippen LogP contribution in [0.15, 0.2) is 0 Å². The Morgan fingerprint density at radius 2 is 1.94 bits per heavy atom. The fourth-order valence-electron chi connectivity index (χ4n) is 3.40. The molecular weight excluding hydrogens is 200 g/mol. The van der Waals surface area contributed by atoms with E-state index in [2.05, 4.69) is 6.92 Å². The standard InChI is InChI=1S/C14H26O2/c1-2-3-7-10-16-13-11-12(15)14(13)8-5-4-6-9-14/h12-13,15H,2-11H2,1H3. The Hall–Kier alpha value is -0.0800. The van der Waals surface area contributed by atoms with Crippen molar-refractivity contribution < 1.29 is 9.84 Å². The van der Waals surface area contributed by atoms with Gasteiger partial charge in [-0.15, -0.1) is 0 Å². The van der Waals surface area contributed by atoms with E-state index in [-0.39, 0.29) is 11.5 Å². The van der Waals surface area contributed by atoms with Gasteiger partial charge in [0, 0.05) is 18.4 Å². The van der Waals surface area contributed by atoms with Crippen LogP contribution in [-0.2, 0) is 4.74 Å². The van der Waals surface area contributed by atoms with E-state index in [0.717, 1.165) is 13.0 Å². The van der Waals surface area contributed by atoms with E-state index in [9.17, 15) is 5.11 Å². The highest BCUT2D eigenvalue weighted by Gasteiger charge is 2.54. The molecule has 0 aliphatic heterocycles. The maximum absolute atomic E-state index is 10.0. The molecule has 0 aromatic heterocycles. The van der Waals surface area contributed by atoms with Crippen molar-refractivity contribution in [2.45, 2.75) is 76.9 Å². The van der Waals surface area contributed by atoms with Crippen LogP contribution in [0.4, 0.5) is 0 Å². The predicted octanol–water partition coefficient (Wildman–Crippen LogP) is 3.28. The van der Waals surface area contributed by atoms with E-state index in [1.54, 1.807) is 0 Å². The summed E-state index contributed by atoms with van der Waals surface area (Å²) in [7, 11) is 0. The summed E-state index contributed by atoms with van der Waals surface area (Å²) < 4.78 is 5.98. The predicted molar refractivity (Wildman–Crippen MR) is 65.4 cm³/mol. The van der Waals surface area contributed by atoms with Crippen molar-refractivity contribution in [1.29, 1.82) is 0 Å². The fourth-order valence-corrected chi connectivity index (χ4v) is 3.40. The van der Waals surface area contributed by atoms with Crippen LogP contribution in [0, 0.1) is 5.41 Å². The van der Waals surface area contributed by atoms with E-state index in [0.29, 0.717) is 6.10 Å². The Morgan fingerprint density at radius 1 is 1.19 bits per heavy atom. The minimum atomic E-state index is -0.0797. The van der Waals surface area contributed by atoms with Gasteiger partial charge in [-0.1, -0.05) is 39.0 Å². The number of hydrogen-bond acceptors (Lipinski definition) is 2.